The third-order valence-corrected chi connectivity index (χ3v) is 5.69. The van der Waals surface area contributed by atoms with Crippen molar-refractivity contribution in [2.24, 2.45) is 5.92 Å². The van der Waals surface area contributed by atoms with Crippen molar-refractivity contribution in [3.63, 3.8) is 0 Å². The molecule has 0 spiro atoms. The molecule has 2 bridgehead atoms. The Kier molecular flexibility index (Phi) is 6.63. The summed E-state index contributed by atoms with van der Waals surface area (Å²) in [7, 11) is 0. The number of hydrogen-bond donors (Lipinski definition) is 2. The van der Waals surface area contributed by atoms with Crippen molar-refractivity contribution in [1.82, 2.24) is 20.5 Å². The number of carbonyl (C=O) groups excluding carboxylic acids is 3. The third-order valence-electron chi connectivity index (χ3n) is 5.69. The zero-order chi connectivity index (χ0) is 22.5. The van der Waals surface area contributed by atoms with Crippen LogP contribution in [-0.4, -0.2) is 59.9 Å². The van der Waals surface area contributed by atoms with Crippen molar-refractivity contribution in [2.75, 3.05) is 26.2 Å². The summed E-state index contributed by atoms with van der Waals surface area (Å²) in [6.07, 6.45) is 3.07. The third kappa shape index (κ3) is 5.04. The number of benzene rings is 1. The molecule has 1 aromatic heterocycles. The van der Waals surface area contributed by atoms with E-state index in [1.54, 1.807) is 23.1 Å². The van der Waals surface area contributed by atoms with Crippen LogP contribution in [-0.2, 0) is 4.79 Å². The number of ether oxygens (including phenoxy) is 1. The Labute approximate surface area is 185 Å². The minimum absolute atomic E-state index is 0.106. The number of halogens is 1. The van der Waals surface area contributed by atoms with E-state index >= 15 is 0 Å². The second-order valence-electron chi connectivity index (χ2n) is 8.00. The Morgan fingerprint density at radius 3 is 2.84 bits per heavy atom. The Bertz CT molecular complexity index is 1000. The van der Waals surface area contributed by atoms with Gasteiger partial charge in [-0.05, 0) is 49.6 Å². The van der Waals surface area contributed by atoms with Gasteiger partial charge >= 0.3 is 0 Å². The molecule has 1 aromatic carbocycles. The van der Waals surface area contributed by atoms with Crippen LogP contribution >= 0.6 is 0 Å². The van der Waals surface area contributed by atoms with Gasteiger partial charge in [-0.3, -0.25) is 19.4 Å². The number of carbonyl (C=O) groups is 3. The summed E-state index contributed by atoms with van der Waals surface area (Å²) in [6, 6.07) is 8.46. The summed E-state index contributed by atoms with van der Waals surface area (Å²) in [5.41, 5.74) is 0.381. The molecule has 2 N–H and O–H groups in total. The molecule has 0 aliphatic carbocycles. The Balaban J connectivity index is 1.63. The van der Waals surface area contributed by atoms with E-state index in [0.717, 1.165) is 6.07 Å². The van der Waals surface area contributed by atoms with E-state index in [1.165, 1.54) is 18.3 Å². The number of pyridine rings is 1. The molecule has 2 aliphatic heterocycles. The predicted octanol–water partition coefficient (Wildman–Crippen LogP) is 1.77. The van der Waals surface area contributed by atoms with E-state index in [-0.39, 0.29) is 48.5 Å². The normalized spacial score (nSPS) is 22.0. The van der Waals surface area contributed by atoms with Crippen LogP contribution in [0.2, 0.25) is 0 Å². The van der Waals surface area contributed by atoms with Gasteiger partial charge in [0.25, 0.3) is 11.8 Å². The maximum Gasteiger partial charge on any atom is 0.272 e. The number of fused-ring (bicyclic) bond motifs is 4. The average molecular weight is 440 g/mol. The van der Waals surface area contributed by atoms with Crippen molar-refractivity contribution in [1.29, 1.82) is 0 Å². The molecule has 32 heavy (non-hydrogen) atoms. The van der Waals surface area contributed by atoms with Crippen molar-refractivity contribution in [3.8, 4) is 5.75 Å². The van der Waals surface area contributed by atoms with Gasteiger partial charge in [-0.2, -0.15) is 0 Å². The standard InChI is InChI=1S/C23H25FN4O4/c24-16-6-8-20-18(12-16)22(30)27-17-7-5-15(21(29)26-10-3-11-32-20)13-28(14-17)23(31)19-4-1-2-9-25-19/h1-2,4,6,8-9,12,15,17H,3,5,7,10-11,13-14H2,(H,26,29)(H,27,30)/t15-,17+/m0/s1. The maximum absolute atomic E-state index is 13.9. The monoisotopic (exact) mass is 440 g/mol. The molecule has 0 saturated carbocycles. The fraction of sp³-hybridized carbons (Fsp3) is 0.391. The molecule has 168 valence electrons. The molecular weight excluding hydrogens is 415 g/mol. The molecule has 2 aromatic rings. The van der Waals surface area contributed by atoms with Crippen LogP contribution in [0.4, 0.5) is 4.39 Å². The van der Waals surface area contributed by atoms with Crippen LogP contribution in [0.15, 0.2) is 42.6 Å². The predicted molar refractivity (Wildman–Crippen MR) is 114 cm³/mol. The van der Waals surface area contributed by atoms with E-state index in [9.17, 15) is 18.8 Å². The van der Waals surface area contributed by atoms with Crippen LogP contribution in [0.3, 0.4) is 0 Å². The first kappa shape index (κ1) is 21.7. The van der Waals surface area contributed by atoms with Gasteiger partial charge in [0.05, 0.1) is 18.1 Å². The zero-order valence-electron chi connectivity index (χ0n) is 17.6. The van der Waals surface area contributed by atoms with Gasteiger partial charge in [-0.25, -0.2) is 4.39 Å². The lowest BCUT2D eigenvalue weighted by Crippen LogP contribution is -2.46. The Hall–Kier alpha value is -3.49. The number of amides is 3. The van der Waals surface area contributed by atoms with Gasteiger partial charge in [0, 0.05) is 31.9 Å². The second-order valence-corrected chi connectivity index (χ2v) is 8.00. The Morgan fingerprint density at radius 2 is 2.03 bits per heavy atom. The lowest BCUT2D eigenvalue weighted by atomic mass is 10.0. The first-order valence-electron chi connectivity index (χ1n) is 10.7. The lowest BCUT2D eigenvalue weighted by Gasteiger charge is -2.26. The molecule has 3 amide bonds. The van der Waals surface area contributed by atoms with Crippen LogP contribution in [0.5, 0.6) is 5.75 Å². The smallest absolute Gasteiger partial charge is 0.272 e. The molecule has 4 rings (SSSR count). The topological polar surface area (TPSA) is 101 Å². The summed E-state index contributed by atoms with van der Waals surface area (Å²) in [5.74, 6) is -1.57. The van der Waals surface area contributed by atoms with Gasteiger partial charge in [0.1, 0.15) is 17.3 Å². The van der Waals surface area contributed by atoms with Crippen LogP contribution in [0, 0.1) is 11.7 Å². The highest BCUT2D eigenvalue weighted by molar-refractivity contribution is 5.97. The molecule has 2 aliphatic rings. The van der Waals surface area contributed by atoms with E-state index in [4.69, 9.17) is 4.74 Å². The fourth-order valence-corrected chi connectivity index (χ4v) is 4.02. The summed E-state index contributed by atoms with van der Waals surface area (Å²) >= 11 is 0. The van der Waals surface area contributed by atoms with E-state index in [1.807, 2.05) is 0 Å². The van der Waals surface area contributed by atoms with Crippen LogP contribution < -0.4 is 15.4 Å². The van der Waals surface area contributed by atoms with Crippen molar-refractivity contribution < 1.29 is 23.5 Å². The molecule has 1 fully saturated rings. The lowest BCUT2D eigenvalue weighted by molar-refractivity contribution is -0.125. The molecule has 1 saturated heterocycles. The van der Waals surface area contributed by atoms with Gasteiger partial charge in [-0.1, -0.05) is 6.07 Å². The summed E-state index contributed by atoms with van der Waals surface area (Å²) in [6.45, 7) is 1.12. The number of nitrogens with zero attached hydrogens (tertiary/aromatic N) is 2. The maximum atomic E-state index is 13.9. The minimum Gasteiger partial charge on any atom is -0.493 e. The molecular formula is C23H25FN4O4. The number of aromatic nitrogens is 1. The quantitative estimate of drug-likeness (QED) is 0.704. The first-order chi connectivity index (χ1) is 15.5. The second kappa shape index (κ2) is 9.76. The number of hydrogen-bond acceptors (Lipinski definition) is 5. The average Bonchev–Trinajstić information content (AvgIpc) is 3.02. The SMILES string of the molecule is O=C1N[C@@H]2CC[C@@H](CN(C(=O)c3ccccn3)C2)C(=O)NCCCOc2ccc(F)cc21. The summed E-state index contributed by atoms with van der Waals surface area (Å²) < 4.78 is 19.5. The Morgan fingerprint density at radius 1 is 1.16 bits per heavy atom. The highest BCUT2D eigenvalue weighted by atomic mass is 19.1. The van der Waals surface area contributed by atoms with Gasteiger partial charge in [0.2, 0.25) is 5.91 Å². The largest absolute Gasteiger partial charge is 0.493 e. The minimum atomic E-state index is -0.538. The van der Waals surface area contributed by atoms with E-state index < -0.39 is 23.7 Å². The molecule has 8 nitrogen and oxygen atoms in total. The molecule has 0 radical (unpaired) electrons. The molecule has 3 heterocycles. The summed E-state index contributed by atoms with van der Waals surface area (Å²) in [4.78, 5) is 44.5. The van der Waals surface area contributed by atoms with E-state index in [0.29, 0.717) is 25.8 Å². The number of rotatable bonds is 1. The number of likely N-dealkylation sites (tertiary alicyclic amines) is 1. The van der Waals surface area contributed by atoms with Crippen LogP contribution in [0.25, 0.3) is 0 Å². The van der Waals surface area contributed by atoms with Crippen molar-refractivity contribution in [3.05, 3.63) is 59.7 Å². The number of nitrogens with one attached hydrogen (secondary N) is 2. The molecule has 2 atom stereocenters. The van der Waals surface area contributed by atoms with Gasteiger partial charge < -0.3 is 20.3 Å². The fourth-order valence-electron chi connectivity index (χ4n) is 4.02. The van der Waals surface area contributed by atoms with Crippen LogP contribution in [0.1, 0.15) is 40.1 Å². The van der Waals surface area contributed by atoms with Crippen molar-refractivity contribution >= 4 is 17.7 Å². The first-order valence-corrected chi connectivity index (χ1v) is 10.7. The van der Waals surface area contributed by atoms with Gasteiger partial charge in [-0.15, -0.1) is 0 Å². The highest BCUT2D eigenvalue weighted by Gasteiger charge is 2.32. The molecule has 9 heteroatoms. The molecule has 0 unspecified atom stereocenters. The highest BCUT2D eigenvalue weighted by Crippen LogP contribution is 2.23. The van der Waals surface area contributed by atoms with E-state index in [2.05, 4.69) is 15.6 Å². The summed E-state index contributed by atoms with van der Waals surface area (Å²) in [5, 5.41) is 5.81. The van der Waals surface area contributed by atoms with Gasteiger partial charge in [0.15, 0.2) is 0 Å². The van der Waals surface area contributed by atoms with Crippen molar-refractivity contribution in [2.45, 2.75) is 25.3 Å². The zero-order valence-corrected chi connectivity index (χ0v) is 17.6.